The Hall–Kier alpha value is -1.56. The monoisotopic (exact) mass is 282 g/mol. The van der Waals surface area contributed by atoms with Crippen LogP contribution in [-0.4, -0.2) is 38.9 Å². The summed E-state index contributed by atoms with van der Waals surface area (Å²) >= 11 is 0. The number of sulfone groups is 1. The molecule has 0 spiro atoms. The molecule has 0 radical (unpaired) electrons. The first-order valence-electron chi connectivity index (χ1n) is 6.21. The van der Waals surface area contributed by atoms with Crippen LogP contribution in [0.5, 0.6) is 0 Å². The molecule has 0 aromatic heterocycles. The highest BCUT2D eigenvalue weighted by Crippen LogP contribution is 2.21. The molecule has 1 aromatic rings. The lowest BCUT2D eigenvalue weighted by molar-refractivity contribution is 0.0963. The molecule has 1 fully saturated rings. The second-order valence-corrected chi connectivity index (χ2v) is 7.08. The lowest BCUT2D eigenvalue weighted by Crippen LogP contribution is -2.22. The average molecular weight is 282 g/mol. The molecule has 1 aromatic carbocycles. The molecule has 1 saturated heterocycles. The molecule has 2 rings (SSSR count). The minimum absolute atomic E-state index is 0.0328. The van der Waals surface area contributed by atoms with Crippen molar-refractivity contribution in [1.29, 1.82) is 0 Å². The van der Waals surface area contributed by atoms with Gasteiger partial charge in [-0.15, -0.1) is 0 Å². The highest BCUT2D eigenvalue weighted by Gasteiger charge is 2.27. The zero-order valence-electron chi connectivity index (χ0n) is 11.1. The van der Waals surface area contributed by atoms with Gasteiger partial charge in [0.15, 0.2) is 9.84 Å². The minimum atomic E-state index is -2.88. The van der Waals surface area contributed by atoms with Gasteiger partial charge in [0.25, 0.3) is 5.91 Å². The van der Waals surface area contributed by atoms with E-state index in [9.17, 15) is 13.2 Å². The summed E-state index contributed by atoms with van der Waals surface area (Å²) in [5, 5.41) is 5.81. The smallest absolute Gasteiger partial charge is 0.251 e. The second-order valence-electron chi connectivity index (χ2n) is 4.85. The van der Waals surface area contributed by atoms with Crippen molar-refractivity contribution in [2.45, 2.75) is 19.4 Å². The Balaban J connectivity index is 2.12. The van der Waals surface area contributed by atoms with E-state index in [-0.39, 0.29) is 23.5 Å². The van der Waals surface area contributed by atoms with E-state index in [1.165, 1.54) is 0 Å². The molecule has 1 aliphatic rings. The van der Waals surface area contributed by atoms with Crippen molar-refractivity contribution < 1.29 is 13.2 Å². The Morgan fingerprint density at radius 2 is 2.11 bits per heavy atom. The first-order valence-corrected chi connectivity index (χ1v) is 8.03. The Labute approximate surface area is 113 Å². The van der Waals surface area contributed by atoms with Crippen LogP contribution in [-0.2, 0) is 9.84 Å². The van der Waals surface area contributed by atoms with Crippen LogP contribution in [0.4, 0.5) is 5.69 Å². The number of nitrogens with one attached hydrogen (secondary N) is 2. The van der Waals surface area contributed by atoms with Crippen LogP contribution >= 0.6 is 0 Å². The van der Waals surface area contributed by atoms with Gasteiger partial charge in [0.1, 0.15) is 0 Å². The quantitative estimate of drug-likeness (QED) is 0.865. The third-order valence-electron chi connectivity index (χ3n) is 3.31. The molecule has 2 N–H and O–H groups in total. The van der Waals surface area contributed by atoms with E-state index in [1.807, 2.05) is 13.0 Å². The molecule has 0 bridgehead atoms. The Morgan fingerprint density at radius 3 is 2.63 bits per heavy atom. The first kappa shape index (κ1) is 13.9. The van der Waals surface area contributed by atoms with Crippen molar-refractivity contribution in [3.63, 3.8) is 0 Å². The second kappa shape index (κ2) is 5.21. The van der Waals surface area contributed by atoms with Crippen LogP contribution < -0.4 is 10.6 Å². The van der Waals surface area contributed by atoms with Crippen LogP contribution in [0, 0.1) is 6.92 Å². The van der Waals surface area contributed by atoms with Gasteiger partial charge in [-0.25, -0.2) is 8.42 Å². The van der Waals surface area contributed by atoms with E-state index < -0.39 is 9.84 Å². The molecule has 1 unspecified atom stereocenters. The highest BCUT2D eigenvalue weighted by molar-refractivity contribution is 7.91. The van der Waals surface area contributed by atoms with E-state index in [0.717, 1.165) is 11.3 Å². The van der Waals surface area contributed by atoms with E-state index in [2.05, 4.69) is 10.6 Å². The van der Waals surface area contributed by atoms with Crippen molar-refractivity contribution in [3.8, 4) is 0 Å². The molecule has 1 aliphatic heterocycles. The van der Waals surface area contributed by atoms with Crippen LogP contribution in [0.3, 0.4) is 0 Å². The number of carbonyl (C=O) groups excluding carboxylic acids is 1. The fraction of sp³-hybridized carbons (Fsp3) is 0.462. The third-order valence-corrected chi connectivity index (χ3v) is 5.08. The van der Waals surface area contributed by atoms with Gasteiger partial charge in [-0.2, -0.15) is 0 Å². The Kier molecular flexibility index (Phi) is 3.80. The molecule has 5 nitrogen and oxygen atoms in total. The molecular weight excluding hydrogens is 264 g/mol. The van der Waals surface area contributed by atoms with E-state index in [4.69, 9.17) is 0 Å². The predicted octanol–water partition coefficient (Wildman–Crippen LogP) is 0.954. The Bertz CT molecular complexity index is 596. The van der Waals surface area contributed by atoms with Crippen LogP contribution in [0.25, 0.3) is 0 Å². The zero-order chi connectivity index (χ0) is 14.0. The lowest BCUT2D eigenvalue weighted by Gasteiger charge is -2.15. The summed E-state index contributed by atoms with van der Waals surface area (Å²) in [7, 11) is -1.29. The number of hydrogen-bond acceptors (Lipinski definition) is 4. The first-order chi connectivity index (χ1) is 8.91. The van der Waals surface area contributed by atoms with Gasteiger partial charge in [0.05, 0.1) is 11.5 Å². The van der Waals surface area contributed by atoms with Crippen molar-refractivity contribution >= 4 is 21.4 Å². The average Bonchev–Trinajstić information content (AvgIpc) is 2.70. The fourth-order valence-corrected chi connectivity index (χ4v) is 3.91. The summed E-state index contributed by atoms with van der Waals surface area (Å²) in [6, 6.07) is 5.32. The number of rotatable bonds is 3. The number of carbonyl (C=O) groups is 1. The van der Waals surface area contributed by atoms with Crippen LogP contribution in [0.15, 0.2) is 18.2 Å². The topological polar surface area (TPSA) is 75.3 Å². The van der Waals surface area contributed by atoms with Crippen molar-refractivity contribution in [3.05, 3.63) is 29.3 Å². The van der Waals surface area contributed by atoms with Crippen LogP contribution in [0.1, 0.15) is 22.3 Å². The molecule has 1 amide bonds. The Morgan fingerprint density at radius 1 is 1.37 bits per heavy atom. The molecule has 19 heavy (non-hydrogen) atoms. The predicted molar refractivity (Wildman–Crippen MR) is 75.3 cm³/mol. The molecule has 0 saturated carbocycles. The number of amides is 1. The number of anilines is 1. The zero-order valence-corrected chi connectivity index (χ0v) is 11.9. The summed E-state index contributed by atoms with van der Waals surface area (Å²) < 4.78 is 22.8. The van der Waals surface area contributed by atoms with Crippen LogP contribution in [0.2, 0.25) is 0 Å². The van der Waals surface area contributed by atoms with Gasteiger partial charge in [-0.3, -0.25) is 4.79 Å². The summed E-state index contributed by atoms with van der Waals surface area (Å²) in [5.74, 6) is 0.307. The SMILES string of the molecule is CNC(=O)c1ccc(NC2CCS(=O)(=O)C2)c(C)c1. The minimum Gasteiger partial charge on any atom is -0.381 e. The fourth-order valence-electron chi connectivity index (χ4n) is 2.24. The van der Waals surface area contributed by atoms with Crippen molar-refractivity contribution in [2.75, 3.05) is 23.9 Å². The van der Waals surface area contributed by atoms with E-state index in [1.54, 1.807) is 19.2 Å². The maximum Gasteiger partial charge on any atom is 0.251 e. The lowest BCUT2D eigenvalue weighted by atomic mass is 10.1. The van der Waals surface area contributed by atoms with Gasteiger partial charge in [0.2, 0.25) is 0 Å². The number of aryl methyl sites for hydroxylation is 1. The number of hydrogen-bond donors (Lipinski definition) is 2. The van der Waals surface area contributed by atoms with Gasteiger partial charge in [-0.05, 0) is 37.1 Å². The summed E-state index contributed by atoms with van der Waals surface area (Å²) in [6.45, 7) is 1.90. The summed E-state index contributed by atoms with van der Waals surface area (Å²) in [6.07, 6.45) is 0.638. The normalized spacial score (nSPS) is 21.1. The molecule has 0 aliphatic carbocycles. The van der Waals surface area contributed by atoms with Crippen molar-refractivity contribution in [2.24, 2.45) is 0 Å². The number of benzene rings is 1. The molecule has 1 heterocycles. The largest absolute Gasteiger partial charge is 0.381 e. The molecule has 6 heteroatoms. The van der Waals surface area contributed by atoms with Gasteiger partial charge in [0, 0.05) is 24.3 Å². The summed E-state index contributed by atoms with van der Waals surface area (Å²) in [4.78, 5) is 11.5. The van der Waals surface area contributed by atoms with Gasteiger partial charge in [-0.1, -0.05) is 0 Å². The van der Waals surface area contributed by atoms with E-state index in [0.29, 0.717) is 12.0 Å². The molecule has 1 atom stereocenters. The highest BCUT2D eigenvalue weighted by atomic mass is 32.2. The maximum atomic E-state index is 11.5. The van der Waals surface area contributed by atoms with Crippen molar-refractivity contribution in [1.82, 2.24) is 5.32 Å². The van der Waals surface area contributed by atoms with Gasteiger partial charge < -0.3 is 10.6 Å². The molecular formula is C13H18N2O3S. The summed E-state index contributed by atoms with van der Waals surface area (Å²) in [5.41, 5.74) is 2.42. The van der Waals surface area contributed by atoms with E-state index >= 15 is 0 Å². The third kappa shape index (κ3) is 3.26. The standard InChI is InChI=1S/C13H18N2O3S/c1-9-7-10(13(16)14-2)3-4-12(9)15-11-5-6-19(17,18)8-11/h3-4,7,11,15H,5-6,8H2,1-2H3,(H,14,16). The maximum absolute atomic E-state index is 11.5. The molecule has 104 valence electrons. The van der Waals surface area contributed by atoms with Gasteiger partial charge >= 0.3 is 0 Å².